The molecule has 0 spiro atoms. The molecule has 0 saturated carbocycles. The van der Waals surface area contributed by atoms with E-state index >= 15 is 0 Å². The molecule has 1 aromatic heterocycles. The highest BCUT2D eigenvalue weighted by atomic mass is 16.3. The maximum atomic E-state index is 12.6. The van der Waals surface area contributed by atoms with Gasteiger partial charge in [0.2, 0.25) is 0 Å². The van der Waals surface area contributed by atoms with Gasteiger partial charge in [-0.05, 0) is 50.1 Å². The van der Waals surface area contributed by atoms with E-state index in [1.165, 1.54) is 31.4 Å². The summed E-state index contributed by atoms with van der Waals surface area (Å²) in [5.41, 5.74) is 3.63. The first-order valence-electron chi connectivity index (χ1n) is 9.37. The Kier molecular flexibility index (Phi) is 4.65. The molecule has 1 fully saturated rings. The van der Waals surface area contributed by atoms with Gasteiger partial charge in [0.1, 0.15) is 5.58 Å². The molecule has 0 unspecified atom stereocenters. The second-order valence-corrected chi connectivity index (χ2v) is 6.95. The molecule has 1 aliphatic heterocycles. The fraction of sp³-hybridized carbons (Fsp3) is 0.318. The Balaban J connectivity index is 1.49. The van der Waals surface area contributed by atoms with E-state index in [1.807, 2.05) is 43.3 Å². The molecule has 0 aliphatic carbocycles. The Bertz CT molecular complexity index is 904. The quantitative estimate of drug-likeness (QED) is 0.692. The molecule has 0 atom stereocenters. The van der Waals surface area contributed by atoms with E-state index in [-0.39, 0.29) is 5.91 Å². The van der Waals surface area contributed by atoms with Crippen molar-refractivity contribution in [3.05, 3.63) is 59.9 Å². The summed E-state index contributed by atoms with van der Waals surface area (Å²) in [7, 11) is 0. The van der Waals surface area contributed by atoms with Crippen molar-refractivity contribution in [1.29, 1.82) is 0 Å². The molecule has 1 saturated heterocycles. The van der Waals surface area contributed by atoms with Crippen LogP contribution in [0, 0.1) is 6.92 Å². The molecule has 134 valence electrons. The first-order valence-corrected chi connectivity index (χ1v) is 9.37. The zero-order valence-electron chi connectivity index (χ0n) is 15.1. The summed E-state index contributed by atoms with van der Waals surface area (Å²) >= 11 is 0. The molecule has 2 heterocycles. The van der Waals surface area contributed by atoms with Gasteiger partial charge in [0, 0.05) is 35.4 Å². The number of anilines is 2. The van der Waals surface area contributed by atoms with Gasteiger partial charge in [-0.25, -0.2) is 0 Å². The summed E-state index contributed by atoms with van der Waals surface area (Å²) in [5, 5.41) is 3.93. The number of para-hydroxylation sites is 1. The van der Waals surface area contributed by atoms with Crippen molar-refractivity contribution in [2.24, 2.45) is 0 Å². The molecule has 4 heteroatoms. The fourth-order valence-electron chi connectivity index (χ4n) is 3.66. The van der Waals surface area contributed by atoms with Gasteiger partial charge in [0.15, 0.2) is 5.76 Å². The van der Waals surface area contributed by atoms with Crippen LogP contribution in [0.4, 0.5) is 11.4 Å². The first kappa shape index (κ1) is 16.7. The van der Waals surface area contributed by atoms with Gasteiger partial charge >= 0.3 is 0 Å². The number of amides is 1. The van der Waals surface area contributed by atoms with Crippen molar-refractivity contribution in [3.8, 4) is 0 Å². The lowest BCUT2D eigenvalue weighted by atomic mass is 10.1. The standard InChI is InChI=1S/C22H24N2O2/c1-16-19-8-4-5-9-20(19)26-21(16)22(25)23-17-10-12-18(13-11-17)24-14-6-2-3-7-15-24/h4-5,8-13H,2-3,6-7,14-15H2,1H3,(H,23,25). The van der Waals surface area contributed by atoms with Crippen molar-refractivity contribution >= 4 is 28.3 Å². The molecule has 4 rings (SSSR count). The molecular weight excluding hydrogens is 324 g/mol. The van der Waals surface area contributed by atoms with Gasteiger partial charge < -0.3 is 14.6 Å². The molecule has 0 radical (unpaired) electrons. The highest BCUT2D eigenvalue weighted by Crippen LogP contribution is 2.26. The van der Waals surface area contributed by atoms with Crippen LogP contribution in [0.5, 0.6) is 0 Å². The van der Waals surface area contributed by atoms with Gasteiger partial charge in [0.25, 0.3) is 5.91 Å². The lowest BCUT2D eigenvalue weighted by Crippen LogP contribution is -2.23. The predicted octanol–water partition coefficient (Wildman–Crippen LogP) is 5.37. The highest BCUT2D eigenvalue weighted by molar-refractivity contribution is 6.06. The van der Waals surface area contributed by atoms with E-state index in [9.17, 15) is 4.79 Å². The highest BCUT2D eigenvalue weighted by Gasteiger charge is 2.17. The van der Waals surface area contributed by atoms with Gasteiger partial charge in [-0.1, -0.05) is 31.0 Å². The van der Waals surface area contributed by atoms with Crippen molar-refractivity contribution < 1.29 is 9.21 Å². The first-order chi connectivity index (χ1) is 12.7. The number of carbonyl (C=O) groups excluding carboxylic acids is 1. The van der Waals surface area contributed by atoms with Gasteiger partial charge in [-0.2, -0.15) is 0 Å². The van der Waals surface area contributed by atoms with Gasteiger partial charge in [-0.15, -0.1) is 0 Å². The summed E-state index contributed by atoms with van der Waals surface area (Å²) in [4.78, 5) is 15.1. The molecule has 1 aliphatic rings. The molecular formula is C22H24N2O2. The molecule has 3 aromatic rings. The van der Waals surface area contributed by atoms with Crippen molar-refractivity contribution in [2.75, 3.05) is 23.3 Å². The maximum absolute atomic E-state index is 12.6. The molecule has 2 aromatic carbocycles. The number of furan rings is 1. The van der Waals surface area contributed by atoms with E-state index in [2.05, 4.69) is 22.3 Å². The molecule has 1 amide bonds. The number of nitrogens with one attached hydrogen (secondary N) is 1. The molecule has 4 nitrogen and oxygen atoms in total. The van der Waals surface area contributed by atoms with Crippen LogP contribution in [0.15, 0.2) is 52.9 Å². The topological polar surface area (TPSA) is 45.5 Å². The lowest BCUT2D eigenvalue weighted by molar-refractivity contribution is 0.0998. The number of fused-ring (bicyclic) bond motifs is 1. The molecule has 0 bridgehead atoms. The number of carbonyl (C=O) groups is 1. The van der Waals surface area contributed by atoms with Crippen LogP contribution in [-0.4, -0.2) is 19.0 Å². The maximum Gasteiger partial charge on any atom is 0.291 e. The third-order valence-electron chi connectivity index (χ3n) is 5.15. The van der Waals surface area contributed by atoms with Crippen LogP contribution >= 0.6 is 0 Å². The fourth-order valence-corrected chi connectivity index (χ4v) is 3.66. The summed E-state index contributed by atoms with van der Waals surface area (Å²) in [6.45, 7) is 4.15. The van der Waals surface area contributed by atoms with Crippen LogP contribution in [0.2, 0.25) is 0 Å². The van der Waals surface area contributed by atoms with Crippen molar-refractivity contribution in [3.63, 3.8) is 0 Å². The van der Waals surface area contributed by atoms with Crippen LogP contribution < -0.4 is 10.2 Å². The summed E-state index contributed by atoms with van der Waals surface area (Å²) in [5.74, 6) is 0.170. The predicted molar refractivity (Wildman–Crippen MR) is 106 cm³/mol. The number of hydrogen-bond acceptors (Lipinski definition) is 3. The normalized spacial score (nSPS) is 15.0. The Morgan fingerprint density at radius 3 is 2.35 bits per heavy atom. The second kappa shape index (κ2) is 7.24. The second-order valence-electron chi connectivity index (χ2n) is 6.95. The number of benzene rings is 2. The Morgan fingerprint density at radius 2 is 1.65 bits per heavy atom. The minimum Gasteiger partial charge on any atom is -0.451 e. The van der Waals surface area contributed by atoms with E-state index in [4.69, 9.17) is 4.42 Å². The Labute approximate surface area is 153 Å². The van der Waals surface area contributed by atoms with Crippen molar-refractivity contribution in [2.45, 2.75) is 32.6 Å². The van der Waals surface area contributed by atoms with Gasteiger partial charge in [-0.3, -0.25) is 4.79 Å². The average molecular weight is 348 g/mol. The van der Waals surface area contributed by atoms with Crippen LogP contribution in [0.25, 0.3) is 11.0 Å². The third kappa shape index (κ3) is 3.32. The summed E-state index contributed by atoms with van der Waals surface area (Å²) in [6.07, 6.45) is 5.15. The van der Waals surface area contributed by atoms with Crippen LogP contribution in [0.3, 0.4) is 0 Å². The monoisotopic (exact) mass is 348 g/mol. The zero-order chi connectivity index (χ0) is 17.9. The smallest absolute Gasteiger partial charge is 0.291 e. The Morgan fingerprint density at radius 1 is 0.962 bits per heavy atom. The Hall–Kier alpha value is -2.75. The largest absolute Gasteiger partial charge is 0.451 e. The van der Waals surface area contributed by atoms with Gasteiger partial charge in [0.05, 0.1) is 0 Å². The number of aryl methyl sites for hydroxylation is 1. The van der Waals surface area contributed by atoms with Crippen LogP contribution in [-0.2, 0) is 0 Å². The minimum atomic E-state index is -0.207. The van der Waals surface area contributed by atoms with E-state index in [1.54, 1.807) is 0 Å². The lowest BCUT2D eigenvalue weighted by Gasteiger charge is -2.22. The molecule has 1 N–H and O–H groups in total. The van der Waals surface area contributed by atoms with E-state index in [0.717, 1.165) is 35.3 Å². The summed E-state index contributed by atoms with van der Waals surface area (Å²) in [6, 6.07) is 15.8. The number of nitrogens with zero attached hydrogens (tertiary/aromatic N) is 1. The SMILES string of the molecule is Cc1c(C(=O)Nc2ccc(N3CCCCCC3)cc2)oc2ccccc12. The number of hydrogen-bond donors (Lipinski definition) is 1. The number of rotatable bonds is 3. The summed E-state index contributed by atoms with van der Waals surface area (Å²) < 4.78 is 5.75. The van der Waals surface area contributed by atoms with Crippen molar-refractivity contribution in [1.82, 2.24) is 0 Å². The third-order valence-corrected chi connectivity index (χ3v) is 5.15. The van der Waals surface area contributed by atoms with E-state index in [0.29, 0.717) is 5.76 Å². The van der Waals surface area contributed by atoms with E-state index < -0.39 is 0 Å². The molecule has 26 heavy (non-hydrogen) atoms. The van der Waals surface area contributed by atoms with Crippen LogP contribution in [0.1, 0.15) is 41.8 Å². The average Bonchev–Trinajstić information content (AvgIpc) is 2.84. The minimum absolute atomic E-state index is 0.207. The zero-order valence-corrected chi connectivity index (χ0v) is 15.1.